The van der Waals surface area contributed by atoms with Crippen molar-refractivity contribution in [1.29, 1.82) is 0 Å². The Morgan fingerprint density at radius 2 is 2.45 bits per heavy atom. The van der Waals surface area contributed by atoms with Gasteiger partial charge >= 0.3 is 0 Å². The average molecular weight is 157 g/mol. The van der Waals surface area contributed by atoms with Crippen molar-refractivity contribution in [2.75, 3.05) is 26.3 Å². The molecule has 2 nitrogen and oxygen atoms in total. The molecule has 1 atom stereocenters. The highest BCUT2D eigenvalue weighted by Gasteiger charge is 2.13. The van der Waals surface area contributed by atoms with Crippen LogP contribution in [0.4, 0.5) is 0 Å². The topological polar surface area (TPSA) is 21.3 Å². The number of hydrogen-bond acceptors (Lipinski definition) is 2. The number of ether oxygens (including phenoxy) is 1. The molecule has 1 aliphatic heterocycles. The molecule has 0 radical (unpaired) electrons. The van der Waals surface area contributed by atoms with Gasteiger partial charge in [-0.2, -0.15) is 0 Å². The summed E-state index contributed by atoms with van der Waals surface area (Å²) in [4.78, 5) is 0. The summed E-state index contributed by atoms with van der Waals surface area (Å²) in [6.07, 6.45) is 3.83. The lowest BCUT2D eigenvalue weighted by Gasteiger charge is -2.07. The molecule has 0 aliphatic carbocycles. The predicted octanol–water partition coefficient (Wildman–Crippen LogP) is 1.41. The van der Waals surface area contributed by atoms with Crippen LogP contribution in [-0.2, 0) is 4.74 Å². The molecule has 1 unspecified atom stereocenters. The minimum atomic E-state index is 0.784. The fraction of sp³-hybridized carbons (Fsp3) is 1.00. The first-order valence-corrected chi connectivity index (χ1v) is 4.72. The van der Waals surface area contributed by atoms with E-state index in [1.165, 1.54) is 25.8 Å². The maximum atomic E-state index is 5.27. The fourth-order valence-electron chi connectivity index (χ4n) is 1.35. The Labute approximate surface area is 69.3 Å². The molecule has 1 rings (SSSR count). The van der Waals surface area contributed by atoms with Crippen molar-refractivity contribution in [2.24, 2.45) is 5.92 Å². The molecule has 66 valence electrons. The molecule has 0 aromatic rings. The molecule has 0 aromatic heterocycles. The number of unbranched alkanes of at least 4 members (excludes halogenated alkanes) is 1. The molecule has 0 aromatic carbocycles. The van der Waals surface area contributed by atoms with E-state index >= 15 is 0 Å². The summed E-state index contributed by atoms with van der Waals surface area (Å²) in [5.41, 5.74) is 0. The lowest BCUT2D eigenvalue weighted by molar-refractivity contribution is 0.185. The zero-order chi connectivity index (χ0) is 7.94. The van der Waals surface area contributed by atoms with Crippen LogP contribution in [-0.4, -0.2) is 26.3 Å². The molecule has 1 N–H and O–H groups in total. The molecule has 2 heteroatoms. The molecule has 0 saturated carbocycles. The monoisotopic (exact) mass is 157 g/mol. The van der Waals surface area contributed by atoms with E-state index in [1.807, 2.05) is 0 Å². The standard InChI is InChI=1S/C9H19NO/c1-2-3-5-10-7-9-4-6-11-8-9/h9-10H,2-8H2,1H3. The SMILES string of the molecule is CCCCNCC1CCOC1. The summed E-state index contributed by atoms with van der Waals surface area (Å²) in [5.74, 6) is 0.784. The smallest absolute Gasteiger partial charge is 0.0507 e. The Kier molecular flexibility index (Phi) is 4.55. The van der Waals surface area contributed by atoms with Crippen molar-refractivity contribution in [3.63, 3.8) is 0 Å². The van der Waals surface area contributed by atoms with Crippen molar-refractivity contribution in [3.05, 3.63) is 0 Å². The van der Waals surface area contributed by atoms with Gasteiger partial charge in [-0.15, -0.1) is 0 Å². The van der Waals surface area contributed by atoms with Gasteiger partial charge < -0.3 is 10.1 Å². The second kappa shape index (κ2) is 5.56. The quantitative estimate of drug-likeness (QED) is 0.609. The molecule has 0 spiro atoms. The van der Waals surface area contributed by atoms with Crippen molar-refractivity contribution in [1.82, 2.24) is 5.32 Å². The first-order valence-electron chi connectivity index (χ1n) is 4.72. The van der Waals surface area contributed by atoms with E-state index in [2.05, 4.69) is 12.2 Å². The van der Waals surface area contributed by atoms with Crippen molar-refractivity contribution in [2.45, 2.75) is 26.2 Å². The highest BCUT2D eigenvalue weighted by atomic mass is 16.5. The van der Waals surface area contributed by atoms with Gasteiger partial charge in [0, 0.05) is 13.2 Å². The van der Waals surface area contributed by atoms with Crippen molar-refractivity contribution >= 4 is 0 Å². The zero-order valence-corrected chi connectivity index (χ0v) is 7.44. The van der Waals surface area contributed by atoms with E-state index in [-0.39, 0.29) is 0 Å². The summed E-state index contributed by atoms with van der Waals surface area (Å²) in [5, 5.41) is 3.45. The Morgan fingerprint density at radius 3 is 3.09 bits per heavy atom. The van der Waals surface area contributed by atoms with Crippen LogP contribution < -0.4 is 5.32 Å². The molecule has 1 heterocycles. The first kappa shape index (κ1) is 9.01. The maximum absolute atomic E-state index is 5.27. The Balaban J connectivity index is 1.86. The molecule has 1 aliphatic rings. The molecule has 0 bridgehead atoms. The fourth-order valence-corrected chi connectivity index (χ4v) is 1.35. The van der Waals surface area contributed by atoms with Crippen LogP contribution in [0.3, 0.4) is 0 Å². The van der Waals surface area contributed by atoms with Gasteiger partial charge in [0.2, 0.25) is 0 Å². The van der Waals surface area contributed by atoms with E-state index in [9.17, 15) is 0 Å². The van der Waals surface area contributed by atoms with E-state index in [1.54, 1.807) is 0 Å². The minimum absolute atomic E-state index is 0.784. The van der Waals surface area contributed by atoms with Crippen LogP contribution in [0.5, 0.6) is 0 Å². The number of nitrogens with one attached hydrogen (secondary N) is 1. The van der Waals surface area contributed by atoms with Gasteiger partial charge in [-0.25, -0.2) is 0 Å². The molecular weight excluding hydrogens is 138 g/mol. The summed E-state index contributed by atoms with van der Waals surface area (Å²) < 4.78 is 5.27. The summed E-state index contributed by atoms with van der Waals surface area (Å²) in [6.45, 7) is 6.49. The van der Waals surface area contributed by atoms with Gasteiger partial charge in [0.15, 0.2) is 0 Å². The third kappa shape index (κ3) is 3.73. The average Bonchev–Trinajstić information content (AvgIpc) is 2.50. The van der Waals surface area contributed by atoms with Crippen molar-refractivity contribution < 1.29 is 4.74 Å². The van der Waals surface area contributed by atoms with Crippen LogP contribution in [0.25, 0.3) is 0 Å². The number of hydrogen-bond donors (Lipinski definition) is 1. The molecule has 0 amide bonds. The second-order valence-electron chi connectivity index (χ2n) is 3.29. The lowest BCUT2D eigenvalue weighted by atomic mass is 10.1. The molecule has 1 fully saturated rings. The van der Waals surface area contributed by atoms with Gasteiger partial charge in [0.05, 0.1) is 6.61 Å². The number of rotatable bonds is 5. The Morgan fingerprint density at radius 1 is 1.55 bits per heavy atom. The minimum Gasteiger partial charge on any atom is -0.381 e. The van der Waals surface area contributed by atoms with E-state index < -0.39 is 0 Å². The van der Waals surface area contributed by atoms with E-state index in [0.717, 1.165) is 25.7 Å². The normalized spacial score (nSPS) is 24.3. The van der Waals surface area contributed by atoms with Crippen LogP contribution >= 0.6 is 0 Å². The Bertz CT molecular complexity index is 89.6. The highest BCUT2D eigenvalue weighted by molar-refractivity contribution is 4.66. The van der Waals surface area contributed by atoms with Gasteiger partial charge in [-0.3, -0.25) is 0 Å². The van der Waals surface area contributed by atoms with Crippen LogP contribution in [0, 0.1) is 5.92 Å². The van der Waals surface area contributed by atoms with Gasteiger partial charge in [-0.1, -0.05) is 13.3 Å². The van der Waals surface area contributed by atoms with E-state index in [0.29, 0.717) is 0 Å². The first-order chi connectivity index (χ1) is 5.43. The van der Waals surface area contributed by atoms with Gasteiger partial charge in [0.1, 0.15) is 0 Å². The van der Waals surface area contributed by atoms with E-state index in [4.69, 9.17) is 4.74 Å². The second-order valence-corrected chi connectivity index (χ2v) is 3.29. The summed E-state index contributed by atoms with van der Waals surface area (Å²) in [7, 11) is 0. The Hall–Kier alpha value is -0.0800. The maximum Gasteiger partial charge on any atom is 0.0507 e. The van der Waals surface area contributed by atoms with Gasteiger partial charge in [-0.05, 0) is 25.3 Å². The van der Waals surface area contributed by atoms with Gasteiger partial charge in [0.25, 0.3) is 0 Å². The predicted molar refractivity (Wildman–Crippen MR) is 46.7 cm³/mol. The summed E-state index contributed by atoms with van der Waals surface area (Å²) in [6, 6.07) is 0. The van der Waals surface area contributed by atoms with Crippen molar-refractivity contribution in [3.8, 4) is 0 Å². The van der Waals surface area contributed by atoms with Crippen LogP contribution in [0.15, 0.2) is 0 Å². The summed E-state index contributed by atoms with van der Waals surface area (Å²) >= 11 is 0. The largest absolute Gasteiger partial charge is 0.381 e. The van der Waals surface area contributed by atoms with Crippen LogP contribution in [0.2, 0.25) is 0 Å². The highest BCUT2D eigenvalue weighted by Crippen LogP contribution is 2.10. The van der Waals surface area contributed by atoms with Crippen LogP contribution in [0.1, 0.15) is 26.2 Å². The third-order valence-electron chi connectivity index (χ3n) is 2.16. The molecule has 1 saturated heterocycles. The third-order valence-corrected chi connectivity index (χ3v) is 2.16. The molecular formula is C9H19NO. The zero-order valence-electron chi connectivity index (χ0n) is 7.44. The lowest BCUT2D eigenvalue weighted by Crippen LogP contribution is -2.23. The molecule has 11 heavy (non-hydrogen) atoms.